The maximum atomic E-state index is 11.7. The van der Waals surface area contributed by atoms with E-state index in [-0.39, 0.29) is 17.1 Å². The Hall–Kier alpha value is -0.460. The van der Waals surface area contributed by atoms with E-state index in [1.165, 1.54) is 0 Å². The molecule has 6 heteroatoms. The Labute approximate surface area is 111 Å². The monoisotopic (exact) mass is 276 g/mol. The van der Waals surface area contributed by atoms with Gasteiger partial charge in [0.15, 0.2) is 0 Å². The van der Waals surface area contributed by atoms with Gasteiger partial charge in [0.25, 0.3) is 0 Å². The quantitative estimate of drug-likeness (QED) is 0.730. The van der Waals surface area contributed by atoms with Gasteiger partial charge in [-0.2, -0.15) is 0 Å². The lowest BCUT2D eigenvalue weighted by Gasteiger charge is -2.39. The zero-order valence-corrected chi connectivity index (χ0v) is 12.3. The van der Waals surface area contributed by atoms with Crippen LogP contribution in [0.5, 0.6) is 0 Å². The van der Waals surface area contributed by atoms with Crippen molar-refractivity contribution >= 4 is 17.0 Å². The molecule has 1 aliphatic rings. The van der Waals surface area contributed by atoms with Crippen LogP contribution in [0, 0.1) is 10.8 Å². The summed E-state index contributed by atoms with van der Waals surface area (Å²) < 4.78 is 21.5. The maximum Gasteiger partial charge on any atom is 0.330 e. The molecule has 0 spiro atoms. The van der Waals surface area contributed by atoms with Gasteiger partial charge >= 0.3 is 5.97 Å². The minimum absolute atomic E-state index is 0.175. The van der Waals surface area contributed by atoms with Gasteiger partial charge in [-0.3, -0.25) is 4.21 Å². The predicted octanol–water partition coefficient (Wildman–Crippen LogP) is 1.47. The van der Waals surface area contributed by atoms with Crippen molar-refractivity contribution in [2.24, 2.45) is 10.8 Å². The van der Waals surface area contributed by atoms with Crippen molar-refractivity contribution in [3.05, 3.63) is 0 Å². The average Bonchev–Trinajstić information content (AvgIpc) is 2.19. The molecule has 1 unspecified atom stereocenters. The second-order valence-corrected chi connectivity index (χ2v) is 7.21. The van der Waals surface area contributed by atoms with Crippen LogP contribution in [0.3, 0.4) is 0 Å². The zero-order chi connectivity index (χ0) is 14.0. The second-order valence-electron chi connectivity index (χ2n) is 6.32. The van der Waals surface area contributed by atoms with E-state index in [2.05, 4.69) is 0 Å². The smallest absolute Gasteiger partial charge is 0.330 e. The molecule has 0 bridgehead atoms. The number of piperidine rings is 1. The average molecular weight is 276 g/mol. The highest BCUT2D eigenvalue weighted by molar-refractivity contribution is 7.79. The lowest BCUT2D eigenvalue weighted by atomic mass is 9.83. The van der Waals surface area contributed by atoms with Gasteiger partial charge in [-0.05, 0) is 39.0 Å². The Kier molecular flexibility index (Phi) is 4.91. The van der Waals surface area contributed by atoms with E-state index in [0.29, 0.717) is 13.1 Å². The van der Waals surface area contributed by atoms with Crippen LogP contribution in [0.25, 0.3) is 0 Å². The SMILES string of the molecule is CC1(CS(=O)[O-])CCN(OC(=O)C(C)(C)C)CC1. The van der Waals surface area contributed by atoms with Crippen molar-refractivity contribution in [2.75, 3.05) is 18.8 Å². The summed E-state index contributed by atoms with van der Waals surface area (Å²) in [7, 11) is 0. The van der Waals surface area contributed by atoms with Gasteiger partial charge in [0.05, 0.1) is 5.41 Å². The molecule has 0 saturated carbocycles. The molecule has 5 nitrogen and oxygen atoms in total. The van der Waals surface area contributed by atoms with Crippen LogP contribution in [-0.2, 0) is 20.7 Å². The Bertz CT molecular complexity index is 329. The number of hydrogen-bond acceptors (Lipinski definition) is 5. The van der Waals surface area contributed by atoms with Crippen molar-refractivity contribution in [2.45, 2.75) is 40.5 Å². The third kappa shape index (κ3) is 4.66. The summed E-state index contributed by atoms with van der Waals surface area (Å²) in [5.41, 5.74) is -0.714. The van der Waals surface area contributed by atoms with Gasteiger partial charge in [-0.25, -0.2) is 4.79 Å². The van der Waals surface area contributed by atoms with Gasteiger partial charge in [-0.1, -0.05) is 18.0 Å². The summed E-state index contributed by atoms with van der Waals surface area (Å²) in [6.07, 6.45) is 1.44. The van der Waals surface area contributed by atoms with Crippen molar-refractivity contribution < 1.29 is 18.4 Å². The normalized spacial score (nSPS) is 22.5. The van der Waals surface area contributed by atoms with Gasteiger partial charge < -0.3 is 9.39 Å². The molecule has 0 amide bonds. The third-order valence-corrected chi connectivity index (χ3v) is 4.15. The Morgan fingerprint density at radius 2 is 1.89 bits per heavy atom. The lowest BCUT2D eigenvalue weighted by molar-refractivity contribution is -0.208. The Morgan fingerprint density at radius 3 is 2.28 bits per heavy atom. The highest BCUT2D eigenvalue weighted by Crippen LogP contribution is 2.32. The van der Waals surface area contributed by atoms with Crippen LogP contribution in [-0.4, -0.2) is 38.6 Å². The minimum atomic E-state index is -2.01. The largest absolute Gasteiger partial charge is 0.772 e. The van der Waals surface area contributed by atoms with Crippen molar-refractivity contribution in [3.8, 4) is 0 Å². The third-order valence-electron chi connectivity index (χ3n) is 3.22. The number of carbonyl (C=O) groups excluding carboxylic acids is 1. The standard InChI is InChI=1S/C12H23NO4S/c1-11(2,3)10(14)17-13-7-5-12(4,6-8-13)9-18(15)16/h5-9H2,1-4H3,(H,15,16)/p-1. The summed E-state index contributed by atoms with van der Waals surface area (Å²) >= 11 is -2.01. The molecule has 1 saturated heterocycles. The lowest BCUT2D eigenvalue weighted by Crippen LogP contribution is -2.43. The van der Waals surface area contributed by atoms with Crippen LogP contribution in [0.4, 0.5) is 0 Å². The number of carbonyl (C=O) groups is 1. The molecule has 1 heterocycles. The summed E-state index contributed by atoms with van der Waals surface area (Å²) in [4.78, 5) is 17.0. The molecule has 1 rings (SSSR count). The first kappa shape index (κ1) is 15.6. The molecule has 0 aromatic heterocycles. The fraction of sp³-hybridized carbons (Fsp3) is 0.917. The van der Waals surface area contributed by atoms with E-state index in [0.717, 1.165) is 12.8 Å². The molecule has 1 fully saturated rings. The van der Waals surface area contributed by atoms with Crippen molar-refractivity contribution in [1.82, 2.24) is 5.06 Å². The first-order valence-corrected chi connectivity index (χ1v) is 7.40. The molecule has 0 N–H and O–H groups in total. The van der Waals surface area contributed by atoms with Gasteiger partial charge in [0.2, 0.25) is 0 Å². The van der Waals surface area contributed by atoms with Crippen LogP contribution < -0.4 is 0 Å². The van der Waals surface area contributed by atoms with Gasteiger partial charge in [0, 0.05) is 18.8 Å². The molecule has 1 aliphatic heterocycles. The highest BCUT2D eigenvalue weighted by atomic mass is 32.2. The van der Waals surface area contributed by atoms with E-state index < -0.39 is 16.5 Å². The first-order chi connectivity index (χ1) is 8.12. The molecule has 0 radical (unpaired) electrons. The molecule has 18 heavy (non-hydrogen) atoms. The molecular formula is C12H22NO4S-. The zero-order valence-electron chi connectivity index (χ0n) is 11.5. The minimum Gasteiger partial charge on any atom is -0.772 e. The summed E-state index contributed by atoms with van der Waals surface area (Å²) in [5, 5.41) is 1.64. The molecule has 106 valence electrons. The molecule has 0 aromatic carbocycles. The highest BCUT2D eigenvalue weighted by Gasteiger charge is 2.33. The van der Waals surface area contributed by atoms with E-state index in [9.17, 15) is 13.6 Å². The first-order valence-electron chi connectivity index (χ1n) is 6.16. The van der Waals surface area contributed by atoms with Crippen LogP contribution in [0.1, 0.15) is 40.5 Å². The summed E-state index contributed by atoms with van der Waals surface area (Å²) in [6.45, 7) is 8.58. The summed E-state index contributed by atoms with van der Waals surface area (Å²) in [6, 6.07) is 0. The maximum absolute atomic E-state index is 11.7. The van der Waals surface area contributed by atoms with E-state index in [4.69, 9.17) is 4.84 Å². The van der Waals surface area contributed by atoms with E-state index in [1.807, 2.05) is 27.7 Å². The number of nitrogens with zero attached hydrogens (tertiary/aromatic N) is 1. The van der Waals surface area contributed by atoms with Crippen LogP contribution in [0.15, 0.2) is 0 Å². The van der Waals surface area contributed by atoms with E-state index in [1.54, 1.807) is 5.06 Å². The van der Waals surface area contributed by atoms with Gasteiger partial charge in [0.1, 0.15) is 0 Å². The van der Waals surface area contributed by atoms with Crippen LogP contribution in [0.2, 0.25) is 0 Å². The van der Waals surface area contributed by atoms with Gasteiger partial charge in [-0.15, -0.1) is 5.06 Å². The molecule has 1 atom stereocenters. The number of rotatable bonds is 3. The van der Waals surface area contributed by atoms with E-state index >= 15 is 0 Å². The molecule has 0 aliphatic carbocycles. The molecule has 0 aromatic rings. The topological polar surface area (TPSA) is 69.7 Å². The second kappa shape index (κ2) is 5.67. The van der Waals surface area contributed by atoms with Crippen LogP contribution >= 0.6 is 0 Å². The number of hydrogen-bond donors (Lipinski definition) is 0. The van der Waals surface area contributed by atoms with Crippen molar-refractivity contribution in [3.63, 3.8) is 0 Å². The Balaban J connectivity index is 2.45. The fourth-order valence-corrected chi connectivity index (χ4v) is 2.66. The Morgan fingerprint density at radius 1 is 1.39 bits per heavy atom. The molecular weight excluding hydrogens is 254 g/mol. The number of hydroxylamine groups is 2. The summed E-state index contributed by atoms with van der Waals surface area (Å²) in [5.74, 6) is -0.0767. The predicted molar refractivity (Wildman–Crippen MR) is 68.2 cm³/mol. The van der Waals surface area contributed by atoms with Crippen molar-refractivity contribution in [1.29, 1.82) is 0 Å². The fourth-order valence-electron chi connectivity index (χ4n) is 1.80.